The lowest BCUT2D eigenvalue weighted by molar-refractivity contribution is 0.437. The van der Waals surface area contributed by atoms with Gasteiger partial charge < -0.3 is 9.88 Å². The third-order valence-corrected chi connectivity index (χ3v) is 1.84. The molecule has 0 fully saturated rings. The number of nitrogens with one attached hydrogen (secondary N) is 1. The van der Waals surface area contributed by atoms with Crippen LogP contribution in [0.2, 0.25) is 0 Å². The van der Waals surface area contributed by atoms with E-state index in [4.69, 9.17) is 0 Å². The Labute approximate surface area is 59.3 Å². The largest absolute Gasteiger partial charge is 0.315 e. The zero-order valence-electron chi connectivity index (χ0n) is 5.91. The minimum Gasteiger partial charge on any atom is -0.315 e. The van der Waals surface area contributed by atoms with Gasteiger partial charge in [0.25, 0.3) is 0 Å². The highest BCUT2D eigenvalue weighted by atomic mass is 15.3. The second-order valence-electron chi connectivity index (χ2n) is 2.56. The van der Waals surface area contributed by atoms with Gasteiger partial charge in [-0.2, -0.15) is 0 Å². The van der Waals surface area contributed by atoms with Crippen LogP contribution in [0.15, 0.2) is 6.33 Å². The number of rotatable bonds is 0. The van der Waals surface area contributed by atoms with Crippen molar-refractivity contribution < 1.29 is 0 Å². The van der Waals surface area contributed by atoms with E-state index in [9.17, 15) is 0 Å². The van der Waals surface area contributed by atoms with Crippen LogP contribution in [-0.2, 0) is 6.54 Å². The van der Waals surface area contributed by atoms with Gasteiger partial charge in [0.05, 0.1) is 6.04 Å². The molecule has 2 rings (SSSR count). The van der Waals surface area contributed by atoms with E-state index in [0.29, 0.717) is 6.04 Å². The second kappa shape index (κ2) is 2.05. The fraction of sp³-hybridized carbons (Fsp3) is 0.667. The molecule has 1 atom stereocenters. The minimum absolute atomic E-state index is 0.358. The molecule has 10 heavy (non-hydrogen) atoms. The van der Waals surface area contributed by atoms with Crippen LogP contribution in [0.1, 0.15) is 18.8 Å². The average Bonchev–Trinajstić information content (AvgIpc) is 2.36. The molecule has 1 aromatic heterocycles. The fourth-order valence-electron chi connectivity index (χ4n) is 1.26. The molecule has 0 aliphatic carbocycles. The van der Waals surface area contributed by atoms with Crippen LogP contribution in [0.4, 0.5) is 0 Å². The molecule has 4 nitrogen and oxygen atoms in total. The van der Waals surface area contributed by atoms with E-state index >= 15 is 0 Å². The molecule has 54 valence electrons. The Morgan fingerprint density at radius 1 is 1.80 bits per heavy atom. The highest BCUT2D eigenvalue weighted by Crippen LogP contribution is 2.11. The predicted molar refractivity (Wildman–Crippen MR) is 36.4 cm³/mol. The van der Waals surface area contributed by atoms with E-state index in [1.807, 2.05) is 0 Å². The van der Waals surface area contributed by atoms with Crippen molar-refractivity contribution >= 4 is 0 Å². The average molecular weight is 138 g/mol. The fourth-order valence-corrected chi connectivity index (χ4v) is 1.26. The summed E-state index contributed by atoms with van der Waals surface area (Å²) >= 11 is 0. The third kappa shape index (κ3) is 0.724. The number of hydrogen-bond acceptors (Lipinski definition) is 3. The number of aromatic nitrogens is 3. The first-order chi connectivity index (χ1) is 4.88. The van der Waals surface area contributed by atoms with Crippen LogP contribution in [0.3, 0.4) is 0 Å². The summed E-state index contributed by atoms with van der Waals surface area (Å²) in [7, 11) is 0. The van der Waals surface area contributed by atoms with Gasteiger partial charge in [0.15, 0.2) is 0 Å². The Kier molecular flexibility index (Phi) is 1.20. The standard InChI is InChI=1S/C6H10N4/c1-5-6-9-8-4-10(6)3-2-7-5/h4-5,7H,2-3H2,1H3. The monoisotopic (exact) mass is 138 g/mol. The van der Waals surface area contributed by atoms with Crippen molar-refractivity contribution in [2.24, 2.45) is 0 Å². The van der Waals surface area contributed by atoms with Crippen molar-refractivity contribution in [3.8, 4) is 0 Å². The summed E-state index contributed by atoms with van der Waals surface area (Å²) in [6.45, 7) is 4.11. The first kappa shape index (κ1) is 5.85. The minimum atomic E-state index is 0.358. The zero-order valence-corrected chi connectivity index (χ0v) is 5.91. The van der Waals surface area contributed by atoms with E-state index in [1.54, 1.807) is 6.33 Å². The Balaban J connectivity index is 2.41. The second-order valence-corrected chi connectivity index (χ2v) is 2.56. The first-order valence-electron chi connectivity index (χ1n) is 3.49. The normalized spacial score (nSPS) is 24.3. The molecular formula is C6H10N4. The van der Waals surface area contributed by atoms with Crippen LogP contribution < -0.4 is 5.32 Å². The summed E-state index contributed by atoms with van der Waals surface area (Å²) in [5.41, 5.74) is 0. The number of nitrogens with zero attached hydrogens (tertiary/aromatic N) is 3. The molecule has 0 bridgehead atoms. The maximum absolute atomic E-state index is 3.99. The molecule has 0 saturated heterocycles. The van der Waals surface area contributed by atoms with Crippen molar-refractivity contribution in [3.05, 3.63) is 12.2 Å². The Hall–Kier alpha value is -0.900. The van der Waals surface area contributed by atoms with E-state index in [0.717, 1.165) is 18.9 Å². The summed E-state index contributed by atoms with van der Waals surface area (Å²) in [5, 5.41) is 11.1. The van der Waals surface area contributed by atoms with Crippen LogP contribution in [0.25, 0.3) is 0 Å². The smallest absolute Gasteiger partial charge is 0.149 e. The van der Waals surface area contributed by atoms with Gasteiger partial charge in [-0.25, -0.2) is 0 Å². The van der Waals surface area contributed by atoms with Gasteiger partial charge in [-0.15, -0.1) is 10.2 Å². The first-order valence-corrected chi connectivity index (χ1v) is 3.49. The van der Waals surface area contributed by atoms with Gasteiger partial charge in [0.2, 0.25) is 0 Å². The Bertz CT molecular complexity index is 229. The maximum Gasteiger partial charge on any atom is 0.149 e. The van der Waals surface area contributed by atoms with E-state index in [-0.39, 0.29) is 0 Å². The summed E-state index contributed by atoms with van der Waals surface area (Å²) in [6.07, 6.45) is 1.78. The van der Waals surface area contributed by atoms with Gasteiger partial charge in [-0.3, -0.25) is 0 Å². The van der Waals surface area contributed by atoms with E-state index in [2.05, 4.69) is 27.0 Å². The highest BCUT2D eigenvalue weighted by Gasteiger charge is 2.15. The van der Waals surface area contributed by atoms with E-state index in [1.165, 1.54) is 0 Å². The van der Waals surface area contributed by atoms with Gasteiger partial charge in [-0.05, 0) is 6.92 Å². The lowest BCUT2D eigenvalue weighted by Crippen LogP contribution is -2.31. The lowest BCUT2D eigenvalue weighted by Gasteiger charge is -2.19. The summed E-state index contributed by atoms with van der Waals surface area (Å²) in [4.78, 5) is 0. The van der Waals surface area contributed by atoms with Crippen molar-refractivity contribution in [1.82, 2.24) is 20.1 Å². The van der Waals surface area contributed by atoms with Crippen molar-refractivity contribution in [2.75, 3.05) is 6.54 Å². The topological polar surface area (TPSA) is 42.7 Å². The van der Waals surface area contributed by atoms with Gasteiger partial charge in [-0.1, -0.05) is 0 Å². The summed E-state index contributed by atoms with van der Waals surface area (Å²) in [5.74, 6) is 1.05. The third-order valence-electron chi connectivity index (χ3n) is 1.84. The van der Waals surface area contributed by atoms with Crippen LogP contribution in [0, 0.1) is 0 Å². The SMILES string of the molecule is CC1NCCn2cnnc21. The van der Waals surface area contributed by atoms with Crippen molar-refractivity contribution in [1.29, 1.82) is 0 Å². The van der Waals surface area contributed by atoms with Crippen molar-refractivity contribution in [2.45, 2.75) is 19.5 Å². The molecule has 0 amide bonds. The van der Waals surface area contributed by atoms with Gasteiger partial charge in [0, 0.05) is 13.1 Å². The van der Waals surface area contributed by atoms with Gasteiger partial charge in [0.1, 0.15) is 12.2 Å². The van der Waals surface area contributed by atoms with Crippen molar-refractivity contribution in [3.63, 3.8) is 0 Å². The summed E-state index contributed by atoms with van der Waals surface area (Å²) < 4.78 is 2.08. The Morgan fingerprint density at radius 3 is 3.50 bits per heavy atom. The molecule has 0 saturated carbocycles. The quantitative estimate of drug-likeness (QED) is 0.546. The van der Waals surface area contributed by atoms with Crippen LogP contribution in [-0.4, -0.2) is 21.3 Å². The summed E-state index contributed by atoms with van der Waals surface area (Å²) in [6, 6.07) is 0.358. The molecule has 1 aliphatic rings. The Morgan fingerprint density at radius 2 is 2.70 bits per heavy atom. The maximum atomic E-state index is 3.99. The molecule has 1 aliphatic heterocycles. The predicted octanol–water partition coefficient (Wildman–Crippen LogP) is -0.0577. The molecule has 1 aromatic rings. The molecular weight excluding hydrogens is 128 g/mol. The molecule has 1 N–H and O–H groups in total. The highest BCUT2D eigenvalue weighted by molar-refractivity contribution is 4.95. The zero-order chi connectivity index (χ0) is 6.97. The number of fused-ring (bicyclic) bond motifs is 1. The van der Waals surface area contributed by atoms with E-state index < -0.39 is 0 Å². The molecule has 2 heterocycles. The van der Waals surface area contributed by atoms with Crippen LogP contribution >= 0.6 is 0 Å². The molecule has 0 spiro atoms. The number of hydrogen-bond donors (Lipinski definition) is 1. The molecule has 1 unspecified atom stereocenters. The molecule has 0 aromatic carbocycles. The van der Waals surface area contributed by atoms with Gasteiger partial charge >= 0.3 is 0 Å². The molecule has 4 heteroatoms. The van der Waals surface area contributed by atoms with Crippen LogP contribution in [0.5, 0.6) is 0 Å². The molecule has 0 radical (unpaired) electrons. The lowest BCUT2D eigenvalue weighted by atomic mass is 10.2.